The van der Waals surface area contributed by atoms with Crippen molar-refractivity contribution in [3.8, 4) is 0 Å². The molecule has 2 aromatic heterocycles. The summed E-state index contributed by atoms with van der Waals surface area (Å²) in [5, 5.41) is 4.62. The van der Waals surface area contributed by atoms with Crippen LogP contribution < -0.4 is 0 Å². The molecule has 1 unspecified atom stereocenters. The number of piperidine rings is 1. The van der Waals surface area contributed by atoms with E-state index in [0.29, 0.717) is 13.1 Å². The van der Waals surface area contributed by atoms with E-state index in [9.17, 15) is 13.2 Å². The minimum Gasteiger partial charge on any atom is -0.342 e. The van der Waals surface area contributed by atoms with E-state index < -0.39 is 9.84 Å². The van der Waals surface area contributed by atoms with Crippen LogP contribution in [-0.4, -0.2) is 58.3 Å². The molecule has 29 heavy (non-hydrogen) atoms. The van der Waals surface area contributed by atoms with Crippen molar-refractivity contribution in [3.05, 3.63) is 47.9 Å². The van der Waals surface area contributed by atoms with E-state index in [1.165, 1.54) is 6.26 Å². The van der Waals surface area contributed by atoms with E-state index in [-0.39, 0.29) is 23.1 Å². The minimum atomic E-state index is -3.24. The minimum absolute atomic E-state index is 0.0353. The van der Waals surface area contributed by atoms with Crippen LogP contribution in [0.3, 0.4) is 0 Å². The van der Waals surface area contributed by atoms with Crippen molar-refractivity contribution in [1.29, 1.82) is 0 Å². The fourth-order valence-corrected chi connectivity index (χ4v) is 4.48. The number of sulfone groups is 1. The number of amides is 1. The Hall–Kier alpha value is -2.81. The number of aromatic nitrogens is 4. The van der Waals surface area contributed by atoms with Crippen LogP contribution in [0.5, 0.6) is 0 Å². The Bertz CT molecular complexity index is 1150. The Morgan fingerprint density at radius 2 is 1.90 bits per heavy atom. The molecule has 8 nitrogen and oxygen atoms in total. The molecule has 1 aromatic carbocycles. The quantitative estimate of drug-likeness (QED) is 0.646. The molecule has 0 bridgehead atoms. The first-order chi connectivity index (χ1) is 13.8. The highest BCUT2D eigenvalue weighted by Crippen LogP contribution is 2.30. The number of rotatable bonds is 4. The number of benzene rings is 1. The van der Waals surface area contributed by atoms with Crippen LogP contribution in [0.1, 0.15) is 30.0 Å². The standard InChI is InChI=1S/C20H23N5O3S/c1-24-20-19(21-9-10-22-20)18(23-24)15-4-3-11-25(13-15)17(26)12-14-5-7-16(8-6-14)29(2,27)28/h5-10,15H,3-4,11-13H2,1-2H3. The van der Waals surface area contributed by atoms with Crippen molar-refractivity contribution in [2.45, 2.75) is 30.1 Å². The van der Waals surface area contributed by atoms with Gasteiger partial charge < -0.3 is 4.90 Å². The molecule has 4 rings (SSSR count). The zero-order valence-corrected chi connectivity index (χ0v) is 17.3. The lowest BCUT2D eigenvalue weighted by molar-refractivity contribution is -0.131. The molecule has 3 aromatic rings. The fourth-order valence-electron chi connectivity index (χ4n) is 3.85. The summed E-state index contributed by atoms with van der Waals surface area (Å²) in [5.41, 5.74) is 3.24. The van der Waals surface area contributed by atoms with E-state index in [2.05, 4.69) is 15.1 Å². The van der Waals surface area contributed by atoms with E-state index in [4.69, 9.17) is 0 Å². The number of hydrogen-bond acceptors (Lipinski definition) is 6. The van der Waals surface area contributed by atoms with Gasteiger partial charge in [0.25, 0.3) is 0 Å². The zero-order chi connectivity index (χ0) is 20.6. The summed E-state index contributed by atoms with van der Waals surface area (Å²) in [5.74, 6) is 0.161. The van der Waals surface area contributed by atoms with Crippen LogP contribution in [0.25, 0.3) is 11.2 Å². The maximum atomic E-state index is 12.8. The molecule has 0 aliphatic carbocycles. The molecule has 152 valence electrons. The predicted molar refractivity (Wildman–Crippen MR) is 108 cm³/mol. The summed E-state index contributed by atoms with van der Waals surface area (Å²) in [6.45, 7) is 1.32. The van der Waals surface area contributed by atoms with Gasteiger partial charge in [0.05, 0.1) is 17.0 Å². The molecular formula is C20H23N5O3S. The van der Waals surface area contributed by atoms with E-state index in [1.807, 2.05) is 11.9 Å². The Kier molecular flexibility index (Phi) is 5.08. The van der Waals surface area contributed by atoms with Gasteiger partial charge in [0.2, 0.25) is 5.91 Å². The first-order valence-corrected chi connectivity index (χ1v) is 11.4. The van der Waals surface area contributed by atoms with Crippen LogP contribution in [0.15, 0.2) is 41.6 Å². The number of aryl methyl sites for hydroxylation is 1. The molecule has 1 fully saturated rings. The molecule has 1 aliphatic heterocycles. The fraction of sp³-hybridized carbons (Fsp3) is 0.400. The Morgan fingerprint density at radius 1 is 1.17 bits per heavy atom. The van der Waals surface area contributed by atoms with Gasteiger partial charge in [-0.2, -0.15) is 5.10 Å². The maximum absolute atomic E-state index is 12.8. The van der Waals surface area contributed by atoms with Crippen LogP contribution >= 0.6 is 0 Å². The van der Waals surface area contributed by atoms with Crippen LogP contribution in [0.2, 0.25) is 0 Å². The second-order valence-electron chi connectivity index (χ2n) is 7.51. The van der Waals surface area contributed by atoms with Gasteiger partial charge in [-0.3, -0.25) is 4.79 Å². The Balaban J connectivity index is 1.48. The smallest absolute Gasteiger partial charge is 0.227 e. The monoisotopic (exact) mass is 413 g/mol. The SMILES string of the molecule is Cn1nc(C2CCCN(C(=O)Cc3ccc(S(C)(=O)=O)cc3)C2)c2nccnc21. The second kappa shape index (κ2) is 7.55. The molecule has 1 saturated heterocycles. The topological polar surface area (TPSA) is 98.1 Å². The number of hydrogen-bond donors (Lipinski definition) is 0. The van der Waals surface area contributed by atoms with Crippen molar-refractivity contribution in [2.24, 2.45) is 7.05 Å². The molecule has 0 saturated carbocycles. The maximum Gasteiger partial charge on any atom is 0.227 e. The van der Waals surface area contributed by atoms with Crippen molar-refractivity contribution < 1.29 is 13.2 Å². The van der Waals surface area contributed by atoms with Gasteiger partial charge in [-0.05, 0) is 30.5 Å². The molecule has 0 N–H and O–H groups in total. The molecule has 3 heterocycles. The van der Waals surface area contributed by atoms with Crippen LogP contribution in [-0.2, 0) is 28.1 Å². The summed E-state index contributed by atoms with van der Waals surface area (Å²) in [4.78, 5) is 23.8. The van der Waals surface area contributed by atoms with Crippen molar-refractivity contribution in [3.63, 3.8) is 0 Å². The van der Waals surface area contributed by atoms with Crippen LogP contribution in [0.4, 0.5) is 0 Å². The Morgan fingerprint density at radius 3 is 2.62 bits per heavy atom. The average molecular weight is 414 g/mol. The third-order valence-electron chi connectivity index (χ3n) is 5.35. The summed E-state index contributed by atoms with van der Waals surface area (Å²) in [6.07, 6.45) is 6.60. The molecule has 1 aliphatic rings. The molecule has 0 spiro atoms. The van der Waals surface area contributed by atoms with Gasteiger partial charge >= 0.3 is 0 Å². The van der Waals surface area contributed by atoms with Crippen molar-refractivity contribution >= 4 is 26.9 Å². The van der Waals surface area contributed by atoms with Gasteiger partial charge in [0, 0.05) is 44.7 Å². The third-order valence-corrected chi connectivity index (χ3v) is 6.48. The van der Waals surface area contributed by atoms with Gasteiger partial charge in [-0.1, -0.05) is 12.1 Å². The molecular weight excluding hydrogens is 390 g/mol. The number of nitrogens with zero attached hydrogens (tertiary/aromatic N) is 5. The van der Waals surface area contributed by atoms with E-state index in [0.717, 1.165) is 35.3 Å². The largest absolute Gasteiger partial charge is 0.342 e. The van der Waals surface area contributed by atoms with Crippen LogP contribution in [0, 0.1) is 0 Å². The number of carbonyl (C=O) groups excluding carboxylic acids is 1. The van der Waals surface area contributed by atoms with Gasteiger partial charge in [0.1, 0.15) is 5.52 Å². The number of likely N-dealkylation sites (tertiary alicyclic amines) is 1. The Labute approximate surface area is 169 Å². The van der Waals surface area contributed by atoms with Gasteiger partial charge in [-0.15, -0.1) is 0 Å². The average Bonchev–Trinajstić information content (AvgIpc) is 3.05. The van der Waals surface area contributed by atoms with E-state index in [1.54, 1.807) is 41.3 Å². The normalized spacial score (nSPS) is 17.6. The molecule has 9 heteroatoms. The first-order valence-electron chi connectivity index (χ1n) is 9.53. The highest BCUT2D eigenvalue weighted by molar-refractivity contribution is 7.90. The van der Waals surface area contributed by atoms with Gasteiger partial charge in [0.15, 0.2) is 15.5 Å². The van der Waals surface area contributed by atoms with Crippen molar-refractivity contribution in [1.82, 2.24) is 24.6 Å². The number of carbonyl (C=O) groups is 1. The molecule has 1 atom stereocenters. The lowest BCUT2D eigenvalue weighted by Crippen LogP contribution is -2.40. The summed E-state index contributed by atoms with van der Waals surface area (Å²) in [7, 11) is -1.38. The summed E-state index contributed by atoms with van der Waals surface area (Å²) >= 11 is 0. The second-order valence-corrected chi connectivity index (χ2v) is 9.52. The summed E-state index contributed by atoms with van der Waals surface area (Å²) in [6, 6.07) is 6.51. The highest BCUT2D eigenvalue weighted by Gasteiger charge is 2.28. The predicted octanol–water partition coefficient (Wildman–Crippen LogP) is 1.72. The third kappa shape index (κ3) is 4.00. The van der Waals surface area contributed by atoms with Gasteiger partial charge in [-0.25, -0.2) is 23.1 Å². The summed E-state index contributed by atoms with van der Waals surface area (Å²) < 4.78 is 24.9. The molecule has 0 radical (unpaired) electrons. The molecule has 1 amide bonds. The lowest BCUT2D eigenvalue weighted by atomic mass is 9.94. The zero-order valence-electron chi connectivity index (χ0n) is 16.4. The number of fused-ring (bicyclic) bond motifs is 1. The van der Waals surface area contributed by atoms with E-state index >= 15 is 0 Å². The first kappa shape index (κ1) is 19.5. The lowest BCUT2D eigenvalue weighted by Gasteiger charge is -2.32. The van der Waals surface area contributed by atoms with Crippen molar-refractivity contribution in [2.75, 3.05) is 19.3 Å². The highest BCUT2D eigenvalue weighted by atomic mass is 32.2.